The molecule has 1 aliphatic heterocycles. The summed E-state index contributed by atoms with van der Waals surface area (Å²) in [5.41, 5.74) is 3.14. The van der Waals surface area contributed by atoms with Crippen LogP contribution in [0.15, 0.2) is 48.5 Å². The number of anilines is 1. The van der Waals surface area contributed by atoms with Gasteiger partial charge < -0.3 is 4.90 Å². The summed E-state index contributed by atoms with van der Waals surface area (Å²) in [5.74, 6) is -0.0745. The fourth-order valence-corrected chi connectivity index (χ4v) is 2.40. The van der Waals surface area contributed by atoms with Gasteiger partial charge in [-0.2, -0.15) is 0 Å². The van der Waals surface area contributed by atoms with Crippen LogP contribution in [-0.2, 0) is 4.79 Å². The number of nitrogens with zero attached hydrogens (tertiary/aromatic N) is 2. The van der Waals surface area contributed by atoms with Gasteiger partial charge in [-0.1, -0.05) is 18.2 Å². The number of likely N-dealkylation sites (N-methyl/N-ethyl adjacent to an activating group) is 1. The molecular weight excluding hydrogens is 268 g/mol. The van der Waals surface area contributed by atoms with E-state index in [4.69, 9.17) is 0 Å². The molecule has 21 heavy (non-hydrogen) atoms. The Morgan fingerprint density at radius 2 is 1.76 bits per heavy atom. The Morgan fingerprint density at radius 3 is 2.43 bits per heavy atom. The monoisotopic (exact) mass is 280 g/mol. The standard InChI is InChI=1S/C16H12N2O3/c1-17-15-5-3-2-4-13(15)14(16(17)19)10-11-6-8-12(9-7-11)18(20)21/h2-10H,1H3. The van der Waals surface area contributed by atoms with E-state index in [9.17, 15) is 14.9 Å². The third-order valence-electron chi connectivity index (χ3n) is 3.51. The summed E-state index contributed by atoms with van der Waals surface area (Å²) in [4.78, 5) is 24.1. The summed E-state index contributed by atoms with van der Waals surface area (Å²) in [6, 6.07) is 13.7. The molecule has 0 bridgehead atoms. The summed E-state index contributed by atoms with van der Waals surface area (Å²) >= 11 is 0. The number of non-ortho nitro benzene ring substituents is 1. The van der Waals surface area contributed by atoms with E-state index in [1.165, 1.54) is 12.1 Å². The number of nitro benzene ring substituents is 1. The molecule has 2 aromatic rings. The first kappa shape index (κ1) is 13.1. The maximum atomic E-state index is 12.3. The molecule has 1 aliphatic rings. The third-order valence-corrected chi connectivity index (χ3v) is 3.51. The normalized spacial score (nSPS) is 15.4. The second kappa shape index (κ2) is 4.86. The van der Waals surface area contributed by atoms with E-state index in [-0.39, 0.29) is 11.6 Å². The maximum absolute atomic E-state index is 12.3. The lowest BCUT2D eigenvalue weighted by atomic mass is 10.0. The molecule has 0 atom stereocenters. The van der Waals surface area contributed by atoms with Gasteiger partial charge >= 0.3 is 0 Å². The smallest absolute Gasteiger partial charge is 0.269 e. The molecule has 3 rings (SSSR count). The number of carbonyl (C=O) groups is 1. The van der Waals surface area contributed by atoms with Crippen molar-refractivity contribution in [3.8, 4) is 0 Å². The van der Waals surface area contributed by atoms with Gasteiger partial charge in [-0.05, 0) is 29.8 Å². The Balaban J connectivity index is 2.03. The van der Waals surface area contributed by atoms with Crippen molar-refractivity contribution in [2.75, 3.05) is 11.9 Å². The minimum atomic E-state index is -0.444. The van der Waals surface area contributed by atoms with Gasteiger partial charge in [0.25, 0.3) is 11.6 Å². The van der Waals surface area contributed by atoms with Crippen molar-refractivity contribution in [2.24, 2.45) is 0 Å². The van der Waals surface area contributed by atoms with Gasteiger partial charge in [0.1, 0.15) is 0 Å². The lowest BCUT2D eigenvalue weighted by molar-refractivity contribution is -0.384. The average Bonchev–Trinajstić information content (AvgIpc) is 2.73. The van der Waals surface area contributed by atoms with Gasteiger partial charge in [0.05, 0.1) is 10.6 Å². The van der Waals surface area contributed by atoms with Crippen molar-refractivity contribution in [1.82, 2.24) is 0 Å². The van der Waals surface area contributed by atoms with Crippen LogP contribution in [0, 0.1) is 10.1 Å². The van der Waals surface area contributed by atoms with Gasteiger partial charge in [-0.15, -0.1) is 0 Å². The van der Waals surface area contributed by atoms with E-state index in [2.05, 4.69) is 0 Å². The topological polar surface area (TPSA) is 63.5 Å². The van der Waals surface area contributed by atoms with Crippen LogP contribution in [0.5, 0.6) is 0 Å². The van der Waals surface area contributed by atoms with Gasteiger partial charge in [-0.3, -0.25) is 14.9 Å². The molecule has 5 heteroatoms. The molecule has 0 saturated carbocycles. The van der Waals surface area contributed by atoms with Gasteiger partial charge in [0.2, 0.25) is 0 Å². The Bertz CT molecular complexity index is 763. The molecule has 1 amide bonds. The van der Waals surface area contributed by atoms with Crippen LogP contribution < -0.4 is 4.90 Å². The number of amides is 1. The quantitative estimate of drug-likeness (QED) is 0.482. The minimum absolute atomic E-state index is 0.0346. The zero-order valence-electron chi connectivity index (χ0n) is 11.3. The summed E-state index contributed by atoms with van der Waals surface area (Å²) in [6.45, 7) is 0. The predicted molar refractivity (Wildman–Crippen MR) is 80.8 cm³/mol. The first-order chi connectivity index (χ1) is 10.1. The van der Waals surface area contributed by atoms with E-state index in [0.717, 1.165) is 16.8 Å². The van der Waals surface area contributed by atoms with Crippen molar-refractivity contribution in [3.05, 3.63) is 69.8 Å². The Labute approximate surface area is 121 Å². The van der Waals surface area contributed by atoms with Crippen molar-refractivity contribution in [2.45, 2.75) is 0 Å². The molecule has 0 fully saturated rings. The number of rotatable bonds is 2. The van der Waals surface area contributed by atoms with Crippen molar-refractivity contribution in [3.63, 3.8) is 0 Å². The van der Waals surface area contributed by atoms with E-state index in [0.29, 0.717) is 5.57 Å². The second-order valence-electron chi connectivity index (χ2n) is 4.79. The molecule has 0 aromatic heterocycles. The van der Waals surface area contributed by atoms with Crippen LogP contribution in [0.1, 0.15) is 11.1 Å². The van der Waals surface area contributed by atoms with E-state index in [1.54, 1.807) is 30.2 Å². The van der Waals surface area contributed by atoms with Crippen molar-refractivity contribution in [1.29, 1.82) is 0 Å². The molecule has 0 spiro atoms. The second-order valence-corrected chi connectivity index (χ2v) is 4.79. The van der Waals surface area contributed by atoms with Crippen molar-refractivity contribution < 1.29 is 9.72 Å². The summed E-state index contributed by atoms with van der Waals surface area (Å²) < 4.78 is 0. The molecule has 0 N–H and O–H groups in total. The highest BCUT2D eigenvalue weighted by Gasteiger charge is 2.28. The molecule has 104 valence electrons. The van der Waals surface area contributed by atoms with Crippen LogP contribution in [-0.4, -0.2) is 17.9 Å². The molecule has 0 aliphatic carbocycles. The van der Waals surface area contributed by atoms with E-state index in [1.807, 2.05) is 24.3 Å². The number of para-hydroxylation sites is 1. The van der Waals surface area contributed by atoms with Crippen molar-refractivity contribution >= 4 is 28.9 Å². The summed E-state index contributed by atoms with van der Waals surface area (Å²) in [7, 11) is 1.73. The molecule has 2 aromatic carbocycles. The molecule has 0 saturated heterocycles. The van der Waals surface area contributed by atoms with Crippen LogP contribution in [0.4, 0.5) is 11.4 Å². The SMILES string of the molecule is CN1C(=O)C(=Cc2ccc([N+](=O)[O-])cc2)c2ccccc21. The van der Waals surface area contributed by atoms with Gasteiger partial charge in [-0.25, -0.2) is 0 Å². The number of nitro groups is 1. The fourth-order valence-electron chi connectivity index (χ4n) is 2.40. The number of benzene rings is 2. The van der Waals surface area contributed by atoms with Crippen LogP contribution in [0.2, 0.25) is 0 Å². The number of carbonyl (C=O) groups excluding carboxylic acids is 1. The zero-order valence-corrected chi connectivity index (χ0v) is 11.3. The Hall–Kier alpha value is -2.95. The first-order valence-corrected chi connectivity index (χ1v) is 6.41. The third kappa shape index (κ3) is 2.18. The first-order valence-electron chi connectivity index (χ1n) is 6.41. The maximum Gasteiger partial charge on any atom is 0.269 e. The zero-order chi connectivity index (χ0) is 15.0. The largest absolute Gasteiger partial charge is 0.311 e. The molecule has 1 heterocycles. The lowest BCUT2D eigenvalue weighted by Crippen LogP contribution is -2.20. The number of fused-ring (bicyclic) bond motifs is 1. The molecular formula is C16H12N2O3. The Kier molecular flexibility index (Phi) is 3.02. The number of hydrogen-bond donors (Lipinski definition) is 0. The van der Waals surface area contributed by atoms with Crippen LogP contribution >= 0.6 is 0 Å². The fraction of sp³-hybridized carbons (Fsp3) is 0.0625. The summed E-state index contributed by atoms with van der Waals surface area (Å²) in [6.07, 6.45) is 1.76. The van der Waals surface area contributed by atoms with Gasteiger partial charge in [0, 0.05) is 30.3 Å². The highest BCUT2D eigenvalue weighted by atomic mass is 16.6. The van der Waals surface area contributed by atoms with Crippen LogP contribution in [0.25, 0.3) is 11.6 Å². The predicted octanol–water partition coefficient (Wildman–Crippen LogP) is 3.11. The minimum Gasteiger partial charge on any atom is -0.311 e. The molecule has 0 radical (unpaired) electrons. The average molecular weight is 280 g/mol. The van der Waals surface area contributed by atoms with Crippen LogP contribution in [0.3, 0.4) is 0 Å². The summed E-state index contributed by atoms with van der Waals surface area (Å²) in [5, 5.41) is 10.6. The lowest BCUT2D eigenvalue weighted by Gasteiger charge is -2.07. The Morgan fingerprint density at radius 1 is 1.10 bits per heavy atom. The molecule has 5 nitrogen and oxygen atoms in total. The van der Waals surface area contributed by atoms with Gasteiger partial charge in [0.15, 0.2) is 0 Å². The highest BCUT2D eigenvalue weighted by molar-refractivity contribution is 6.35. The molecule has 0 unspecified atom stereocenters. The van der Waals surface area contributed by atoms with E-state index >= 15 is 0 Å². The highest BCUT2D eigenvalue weighted by Crippen LogP contribution is 2.36. The number of hydrogen-bond acceptors (Lipinski definition) is 3. The van der Waals surface area contributed by atoms with E-state index < -0.39 is 4.92 Å².